The van der Waals surface area contributed by atoms with Crippen LogP contribution in [0.2, 0.25) is 0 Å². The van der Waals surface area contributed by atoms with Crippen molar-refractivity contribution >= 4 is 23.4 Å². The normalized spacial score (nSPS) is 15.7. The van der Waals surface area contributed by atoms with E-state index < -0.39 is 10.8 Å². The minimum Gasteiger partial charge on any atom is -0.348 e. The fourth-order valence-corrected chi connectivity index (χ4v) is 2.54. The van der Waals surface area contributed by atoms with Crippen molar-refractivity contribution in [2.24, 2.45) is 11.7 Å². The van der Waals surface area contributed by atoms with Crippen LogP contribution in [-0.2, 0) is 0 Å². The monoisotopic (exact) mass is 295 g/mol. The van der Waals surface area contributed by atoms with Crippen LogP contribution in [0.25, 0.3) is 0 Å². The lowest BCUT2D eigenvalue weighted by Gasteiger charge is -2.16. The number of nitrogens with one attached hydrogen (secondary N) is 1. The summed E-state index contributed by atoms with van der Waals surface area (Å²) >= 11 is 1.44. The molecule has 1 aromatic carbocycles. The molecule has 6 nitrogen and oxygen atoms in total. The summed E-state index contributed by atoms with van der Waals surface area (Å²) < 4.78 is 0. The number of carbonyl (C=O) groups excluding carboxylic acids is 1. The van der Waals surface area contributed by atoms with Gasteiger partial charge in [-0.2, -0.15) is 0 Å². The van der Waals surface area contributed by atoms with E-state index in [0.717, 1.165) is 17.7 Å². The number of nitro groups is 1. The van der Waals surface area contributed by atoms with Crippen LogP contribution in [0.15, 0.2) is 23.1 Å². The van der Waals surface area contributed by atoms with Crippen LogP contribution in [0.3, 0.4) is 0 Å². The summed E-state index contributed by atoms with van der Waals surface area (Å²) in [5, 5.41) is 13.8. The molecule has 7 heteroatoms. The molecule has 1 unspecified atom stereocenters. The summed E-state index contributed by atoms with van der Waals surface area (Å²) in [7, 11) is 0. The van der Waals surface area contributed by atoms with Crippen LogP contribution >= 0.6 is 11.8 Å². The predicted octanol–water partition coefficient (Wildman–Crippen LogP) is 1.78. The van der Waals surface area contributed by atoms with Gasteiger partial charge in [-0.05, 0) is 37.1 Å². The standard InChI is InChI=1S/C13H17N3O3S/c1-20-9-4-5-12(16(18)19)10(6-9)13(17)15-11(7-14)8-2-3-8/h4-6,8,11H,2-3,7,14H2,1H3,(H,15,17). The summed E-state index contributed by atoms with van der Waals surface area (Å²) in [5.74, 6) is -0.0123. The number of hydrogen-bond donors (Lipinski definition) is 2. The maximum Gasteiger partial charge on any atom is 0.282 e. The molecule has 0 radical (unpaired) electrons. The highest BCUT2D eigenvalue weighted by Crippen LogP contribution is 2.32. The molecule has 2 rings (SSSR count). The van der Waals surface area contributed by atoms with Crippen LogP contribution in [0.5, 0.6) is 0 Å². The van der Waals surface area contributed by atoms with Gasteiger partial charge in [0.2, 0.25) is 0 Å². The molecule has 1 fully saturated rings. The lowest BCUT2D eigenvalue weighted by Crippen LogP contribution is -2.41. The molecule has 1 saturated carbocycles. The van der Waals surface area contributed by atoms with E-state index in [2.05, 4.69) is 5.32 Å². The average molecular weight is 295 g/mol. The molecule has 1 atom stereocenters. The fraction of sp³-hybridized carbons (Fsp3) is 0.462. The zero-order valence-corrected chi connectivity index (χ0v) is 12.0. The smallest absolute Gasteiger partial charge is 0.282 e. The second-order valence-corrected chi connectivity index (χ2v) is 5.67. The zero-order valence-electron chi connectivity index (χ0n) is 11.2. The maximum absolute atomic E-state index is 12.3. The van der Waals surface area contributed by atoms with Crippen molar-refractivity contribution in [3.63, 3.8) is 0 Å². The molecular formula is C13H17N3O3S. The largest absolute Gasteiger partial charge is 0.348 e. The molecule has 1 amide bonds. The highest BCUT2D eigenvalue weighted by Gasteiger charge is 2.32. The van der Waals surface area contributed by atoms with E-state index in [9.17, 15) is 14.9 Å². The lowest BCUT2D eigenvalue weighted by atomic mass is 10.1. The Morgan fingerprint density at radius 3 is 2.80 bits per heavy atom. The topological polar surface area (TPSA) is 98.3 Å². The molecule has 20 heavy (non-hydrogen) atoms. The van der Waals surface area contributed by atoms with E-state index in [4.69, 9.17) is 5.73 Å². The van der Waals surface area contributed by atoms with E-state index in [1.807, 2.05) is 6.26 Å². The first-order valence-corrected chi connectivity index (χ1v) is 7.62. The summed E-state index contributed by atoms with van der Waals surface area (Å²) in [6.07, 6.45) is 3.96. The molecule has 0 aliphatic heterocycles. The Kier molecular flexibility index (Phi) is 4.61. The molecule has 1 aliphatic rings. The number of thioether (sulfide) groups is 1. The maximum atomic E-state index is 12.3. The van der Waals surface area contributed by atoms with Crippen LogP contribution < -0.4 is 11.1 Å². The van der Waals surface area contributed by atoms with Gasteiger partial charge < -0.3 is 11.1 Å². The first kappa shape index (κ1) is 14.8. The van der Waals surface area contributed by atoms with E-state index in [-0.39, 0.29) is 17.3 Å². The minimum absolute atomic E-state index is 0.0972. The van der Waals surface area contributed by atoms with Crippen LogP contribution in [0.4, 0.5) is 5.69 Å². The van der Waals surface area contributed by atoms with Gasteiger partial charge in [-0.3, -0.25) is 14.9 Å². The number of hydrogen-bond acceptors (Lipinski definition) is 5. The Balaban J connectivity index is 2.24. The van der Waals surface area contributed by atoms with Gasteiger partial charge in [0.05, 0.1) is 4.92 Å². The van der Waals surface area contributed by atoms with Crippen molar-refractivity contribution in [1.82, 2.24) is 5.32 Å². The Morgan fingerprint density at radius 1 is 1.60 bits per heavy atom. The van der Waals surface area contributed by atoms with Crippen molar-refractivity contribution in [3.05, 3.63) is 33.9 Å². The number of carbonyl (C=O) groups is 1. The van der Waals surface area contributed by atoms with Gasteiger partial charge in [0, 0.05) is 23.5 Å². The number of nitrogens with zero attached hydrogens (tertiary/aromatic N) is 1. The van der Waals surface area contributed by atoms with Crippen LogP contribution in [0.1, 0.15) is 23.2 Å². The van der Waals surface area contributed by atoms with Crippen molar-refractivity contribution in [2.75, 3.05) is 12.8 Å². The third kappa shape index (κ3) is 3.29. The molecular weight excluding hydrogens is 278 g/mol. The summed E-state index contributed by atoms with van der Waals surface area (Å²) in [6, 6.07) is 4.47. The highest BCUT2D eigenvalue weighted by atomic mass is 32.2. The third-order valence-electron chi connectivity index (χ3n) is 3.41. The van der Waals surface area contributed by atoms with Gasteiger partial charge in [0.1, 0.15) is 5.56 Å². The third-order valence-corrected chi connectivity index (χ3v) is 4.13. The van der Waals surface area contributed by atoms with E-state index in [0.29, 0.717) is 12.5 Å². The van der Waals surface area contributed by atoms with Gasteiger partial charge in [0.15, 0.2) is 0 Å². The summed E-state index contributed by atoms with van der Waals surface area (Å²) in [5.41, 5.74) is 5.57. The van der Waals surface area contributed by atoms with Crippen molar-refractivity contribution in [2.45, 2.75) is 23.8 Å². The predicted molar refractivity (Wildman–Crippen MR) is 77.9 cm³/mol. The summed E-state index contributed by atoms with van der Waals surface area (Å²) in [4.78, 5) is 23.6. The van der Waals surface area contributed by atoms with Crippen LogP contribution in [0, 0.1) is 16.0 Å². The molecule has 0 saturated heterocycles. The number of nitrogens with two attached hydrogens (primary N) is 1. The molecule has 1 aromatic rings. The van der Waals surface area contributed by atoms with Gasteiger partial charge in [-0.25, -0.2) is 0 Å². The molecule has 1 aliphatic carbocycles. The van der Waals surface area contributed by atoms with E-state index in [1.165, 1.54) is 17.8 Å². The van der Waals surface area contributed by atoms with Crippen molar-refractivity contribution in [1.29, 1.82) is 0 Å². The average Bonchev–Trinajstić information content (AvgIpc) is 3.28. The molecule has 0 bridgehead atoms. The second-order valence-electron chi connectivity index (χ2n) is 4.79. The fourth-order valence-electron chi connectivity index (χ4n) is 2.10. The highest BCUT2D eigenvalue weighted by molar-refractivity contribution is 7.98. The molecule has 0 aromatic heterocycles. The zero-order chi connectivity index (χ0) is 14.7. The van der Waals surface area contributed by atoms with Gasteiger partial charge in [-0.1, -0.05) is 0 Å². The molecule has 0 heterocycles. The van der Waals surface area contributed by atoms with Gasteiger partial charge in [-0.15, -0.1) is 11.8 Å². The first-order valence-electron chi connectivity index (χ1n) is 6.40. The number of benzene rings is 1. The first-order chi connectivity index (χ1) is 9.56. The van der Waals surface area contributed by atoms with Crippen molar-refractivity contribution < 1.29 is 9.72 Å². The van der Waals surface area contributed by atoms with Gasteiger partial charge >= 0.3 is 0 Å². The Bertz CT molecular complexity index is 532. The van der Waals surface area contributed by atoms with Crippen LogP contribution in [-0.4, -0.2) is 29.7 Å². The Morgan fingerprint density at radius 2 is 2.30 bits per heavy atom. The quantitative estimate of drug-likeness (QED) is 0.473. The minimum atomic E-state index is -0.534. The number of nitro benzene ring substituents is 1. The van der Waals surface area contributed by atoms with E-state index in [1.54, 1.807) is 12.1 Å². The SMILES string of the molecule is CSc1ccc([N+](=O)[O-])c(C(=O)NC(CN)C2CC2)c1. The van der Waals surface area contributed by atoms with Crippen molar-refractivity contribution in [3.8, 4) is 0 Å². The van der Waals surface area contributed by atoms with Gasteiger partial charge in [0.25, 0.3) is 11.6 Å². The molecule has 0 spiro atoms. The lowest BCUT2D eigenvalue weighted by molar-refractivity contribution is -0.385. The number of amides is 1. The Hall–Kier alpha value is -1.60. The number of rotatable bonds is 6. The molecule has 3 N–H and O–H groups in total. The summed E-state index contributed by atoms with van der Waals surface area (Å²) in [6.45, 7) is 0.354. The Labute approximate surface area is 121 Å². The van der Waals surface area contributed by atoms with E-state index >= 15 is 0 Å². The second kappa shape index (κ2) is 6.23. The molecule has 108 valence electrons.